The van der Waals surface area contributed by atoms with E-state index < -0.39 is 0 Å². The molecule has 1 amide bonds. The number of carbonyl (C=O) groups excluding carboxylic acids is 1. The van der Waals surface area contributed by atoms with Crippen LogP contribution in [0.4, 0.5) is 0 Å². The molecule has 1 aliphatic heterocycles. The number of hydrogen-bond donors (Lipinski definition) is 2. The molecule has 2 aliphatic rings. The van der Waals surface area contributed by atoms with Crippen molar-refractivity contribution in [1.82, 2.24) is 5.32 Å². The van der Waals surface area contributed by atoms with Crippen molar-refractivity contribution in [1.29, 1.82) is 0 Å². The third kappa shape index (κ3) is 3.84. The number of hydrogen-bond acceptors (Lipinski definition) is 4. The highest BCUT2D eigenvalue weighted by molar-refractivity contribution is 5.85. The molecule has 3 N–H and O–H groups in total. The monoisotopic (exact) mass is 326 g/mol. The number of rotatable bonds is 4. The number of halogens is 1. The maximum absolute atomic E-state index is 12.0. The first-order chi connectivity index (χ1) is 10.2. The summed E-state index contributed by atoms with van der Waals surface area (Å²) in [6, 6.07) is 5.96. The van der Waals surface area contributed by atoms with Gasteiger partial charge >= 0.3 is 0 Å². The normalized spacial score (nSPS) is 22.8. The molecule has 3 rings (SSSR count). The Bertz CT molecular complexity index is 524. The van der Waals surface area contributed by atoms with Crippen LogP contribution in [-0.2, 0) is 11.2 Å². The minimum absolute atomic E-state index is 0. The summed E-state index contributed by atoms with van der Waals surface area (Å²) in [6.07, 6.45) is 3.71. The largest absolute Gasteiger partial charge is 0.486 e. The second-order valence-electron chi connectivity index (χ2n) is 5.72. The van der Waals surface area contributed by atoms with Crippen LogP contribution >= 0.6 is 12.4 Å². The van der Waals surface area contributed by atoms with Gasteiger partial charge in [-0.2, -0.15) is 0 Å². The quantitative estimate of drug-likeness (QED) is 0.882. The van der Waals surface area contributed by atoms with Crippen molar-refractivity contribution < 1.29 is 14.3 Å². The Morgan fingerprint density at radius 3 is 2.73 bits per heavy atom. The molecule has 1 aromatic carbocycles. The van der Waals surface area contributed by atoms with E-state index in [1.165, 1.54) is 0 Å². The van der Waals surface area contributed by atoms with Gasteiger partial charge < -0.3 is 20.5 Å². The standard InChI is InChI=1S/C16H22N2O3.ClH/c17-13-3-1-2-12(13)16(19)18-7-6-11-4-5-14-15(10-11)21-9-8-20-14;/h4-5,10,12-13H,1-3,6-9,17H2,(H,18,19);1H. The molecule has 0 spiro atoms. The summed E-state index contributed by atoms with van der Waals surface area (Å²) < 4.78 is 11.0. The van der Waals surface area contributed by atoms with E-state index in [0.717, 1.165) is 42.7 Å². The van der Waals surface area contributed by atoms with Gasteiger partial charge in [0.05, 0.1) is 5.92 Å². The fourth-order valence-electron chi connectivity index (χ4n) is 3.02. The molecule has 5 nitrogen and oxygen atoms in total. The first-order valence-corrected chi connectivity index (χ1v) is 7.66. The van der Waals surface area contributed by atoms with E-state index >= 15 is 0 Å². The van der Waals surface area contributed by atoms with E-state index in [9.17, 15) is 4.79 Å². The molecule has 2 atom stereocenters. The van der Waals surface area contributed by atoms with Gasteiger partial charge in [0, 0.05) is 12.6 Å². The molecule has 0 aromatic heterocycles. The van der Waals surface area contributed by atoms with Gasteiger partial charge in [0.2, 0.25) is 5.91 Å². The van der Waals surface area contributed by atoms with E-state index in [1.807, 2.05) is 18.2 Å². The van der Waals surface area contributed by atoms with Crippen LogP contribution in [0.2, 0.25) is 0 Å². The lowest BCUT2D eigenvalue weighted by Gasteiger charge is -2.19. The number of benzene rings is 1. The number of nitrogens with two attached hydrogens (primary N) is 1. The Morgan fingerprint density at radius 1 is 1.23 bits per heavy atom. The van der Waals surface area contributed by atoms with Gasteiger partial charge in [-0.05, 0) is 37.0 Å². The summed E-state index contributed by atoms with van der Waals surface area (Å²) >= 11 is 0. The van der Waals surface area contributed by atoms with Gasteiger partial charge in [-0.15, -0.1) is 12.4 Å². The minimum Gasteiger partial charge on any atom is -0.486 e. The van der Waals surface area contributed by atoms with Gasteiger partial charge in [0.15, 0.2) is 11.5 Å². The highest BCUT2D eigenvalue weighted by Crippen LogP contribution is 2.30. The molecule has 122 valence electrons. The second kappa shape index (κ2) is 7.70. The Kier molecular flexibility index (Phi) is 5.91. The van der Waals surface area contributed by atoms with Crippen LogP contribution in [-0.4, -0.2) is 31.7 Å². The van der Waals surface area contributed by atoms with Crippen LogP contribution in [0.3, 0.4) is 0 Å². The van der Waals surface area contributed by atoms with Crippen LogP contribution in [0, 0.1) is 5.92 Å². The fourth-order valence-corrected chi connectivity index (χ4v) is 3.02. The van der Waals surface area contributed by atoms with Crippen LogP contribution in [0.5, 0.6) is 11.5 Å². The Morgan fingerprint density at radius 2 is 2.00 bits per heavy atom. The van der Waals surface area contributed by atoms with Gasteiger partial charge in [-0.25, -0.2) is 0 Å². The van der Waals surface area contributed by atoms with Gasteiger partial charge in [-0.1, -0.05) is 12.5 Å². The molecule has 0 bridgehead atoms. The number of nitrogens with one attached hydrogen (secondary N) is 1. The first kappa shape index (κ1) is 16.9. The average molecular weight is 327 g/mol. The Labute approximate surface area is 137 Å². The van der Waals surface area contributed by atoms with E-state index in [2.05, 4.69) is 5.32 Å². The van der Waals surface area contributed by atoms with Crippen molar-refractivity contribution in [3.63, 3.8) is 0 Å². The van der Waals surface area contributed by atoms with Crippen molar-refractivity contribution in [3.8, 4) is 11.5 Å². The van der Waals surface area contributed by atoms with Crippen molar-refractivity contribution in [2.45, 2.75) is 31.7 Å². The van der Waals surface area contributed by atoms with Crippen LogP contribution in [0.15, 0.2) is 18.2 Å². The lowest BCUT2D eigenvalue weighted by Crippen LogP contribution is -2.39. The molecule has 1 heterocycles. The predicted octanol–water partition coefficient (Wildman–Crippen LogP) is 1.67. The molecule has 6 heteroatoms. The smallest absolute Gasteiger partial charge is 0.224 e. The molecule has 22 heavy (non-hydrogen) atoms. The molecule has 2 unspecified atom stereocenters. The molecule has 1 aromatic rings. The Balaban J connectivity index is 0.00000176. The number of fused-ring (bicyclic) bond motifs is 1. The summed E-state index contributed by atoms with van der Waals surface area (Å²) in [5, 5.41) is 2.99. The van der Waals surface area contributed by atoms with Crippen molar-refractivity contribution in [3.05, 3.63) is 23.8 Å². The van der Waals surface area contributed by atoms with Crippen LogP contribution in [0.25, 0.3) is 0 Å². The molecule has 0 radical (unpaired) electrons. The summed E-state index contributed by atoms with van der Waals surface area (Å²) in [7, 11) is 0. The summed E-state index contributed by atoms with van der Waals surface area (Å²) in [6.45, 7) is 1.82. The van der Waals surface area contributed by atoms with E-state index in [4.69, 9.17) is 15.2 Å². The highest BCUT2D eigenvalue weighted by Gasteiger charge is 2.29. The second-order valence-corrected chi connectivity index (χ2v) is 5.72. The maximum Gasteiger partial charge on any atom is 0.224 e. The average Bonchev–Trinajstić information content (AvgIpc) is 2.93. The van der Waals surface area contributed by atoms with Gasteiger partial charge in [0.1, 0.15) is 13.2 Å². The lowest BCUT2D eigenvalue weighted by molar-refractivity contribution is -0.125. The van der Waals surface area contributed by atoms with Crippen molar-refractivity contribution in [2.75, 3.05) is 19.8 Å². The maximum atomic E-state index is 12.0. The lowest BCUT2D eigenvalue weighted by atomic mass is 10.0. The zero-order chi connectivity index (χ0) is 14.7. The first-order valence-electron chi connectivity index (χ1n) is 7.66. The van der Waals surface area contributed by atoms with Gasteiger partial charge in [0.25, 0.3) is 0 Å². The molecular formula is C16H23ClN2O3. The summed E-state index contributed by atoms with van der Waals surface area (Å²) in [5.74, 6) is 1.68. The fraction of sp³-hybridized carbons (Fsp3) is 0.562. The SMILES string of the molecule is Cl.NC1CCCC1C(=O)NCCc1ccc2c(c1)OCCO2. The minimum atomic E-state index is -0.00901. The topological polar surface area (TPSA) is 73.6 Å². The third-order valence-electron chi connectivity index (χ3n) is 4.23. The molecular weight excluding hydrogens is 304 g/mol. The number of carbonyl (C=O) groups is 1. The summed E-state index contributed by atoms with van der Waals surface area (Å²) in [5.41, 5.74) is 7.08. The number of ether oxygens (including phenoxy) is 2. The van der Waals surface area contributed by atoms with Gasteiger partial charge in [-0.3, -0.25) is 4.79 Å². The van der Waals surface area contributed by atoms with Crippen LogP contribution < -0.4 is 20.5 Å². The highest BCUT2D eigenvalue weighted by atomic mass is 35.5. The van der Waals surface area contributed by atoms with E-state index in [0.29, 0.717) is 19.8 Å². The van der Waals surface area contributed by atoms with E-state index in [1.54, 1.807) is 0 Å². The van der Waals surface area contributed by atoms with Crippen molar-refractivity contribution in [2.24, 2.45) is 11.7 Å². The zero-order valence-corrected chi connectivity index (χ0v) is 13.4. The molecule has 1 fully saturated rings. The zero-order valence-electron chi connectivity index (χ0n) is 12.5. The summed E-state index contributed by atoms with van der Waals surface area (Å²) in [4.78, 5) is 12.0. The van der Waals surface area contributed by atoms with Crippen molar-refractivity contribution >= 4 is 18.3 Å². The number of amides is 1. The molecule has 1 aliphatic carbocycles. The molecule has 0 saturated heterocycles. The Hall–Kier alpha value is -1.46. The predicted molar refractivity (Wildman–Crippen MR) is 86.7 cm³/mol. The molecule has 1 saturated carbocycles. The van der Waals surface area contributed by atoms with E-state index in [-0.39, 0.29) is 30.3 Å². The third-order valence-corrected chi connectivity index (χ3v) is 4.23. The van der Waals surface area contributed by atoms with Crippen LogP contribution in [0.1, 0.15) is 24.8 Å².